The number of sulfonamides is 1. The molecule has 1 saturated heterocycles. The van der Waals surface area contributed by atoms with E-state index in [0.717, 1.165) is 38.4 Å². The smallest absolute Gasteiger partial charge is 0.315 e. The predicted octanol–water partition coefficient (Wildman–Crippen LogP) is 2.03. The molecule has 1 aliphatic heterocycles. The van der Waals surface area contributed by atoms with Gasteiger partial charge in [0.25, 0.3) is 0 Å². The molecule has 1 unspecified atom stereocenters. The van der Waals surface area contributed by atoms with Crippen LogP contribution in [-0.2, 0) is 29.2 Å². The summed E-state index contributed by atoms with van der Waals surface area (Å²) in [6.07, 6.45) is 14.8. The van der Waals surface area contributed by atoms with E-state index >= 15 is 0 Å². The topological polar surface area (TPSA) is 183 Å². The van der Waals surface area contributed by atoms with Gasteiger partial charge in [-0.15, -0.1) is 18.9 Å². The van der Waals surface area contributed by atoms with Crippen molar-refractivity contribution in [3.63, 3.8) is 0 Å². The molecule has 4 atom stereocenters. The molecule has 2 aliphatic carbocycles. The average molecular weight is 719 g/mol. The monoisotopic (exact) mass is 718 g/mol. The second-order valence-corrected chi connectivity index (χ2v) is 17.8. The average Bonchev–Trinajstić information content (AvgIpc) is 3.74. The van der Waals surface area contributed by atoms with E-state index in [-0.39, 0.29) is 25.6 Å². The van der Waals surface area contributed by atoms with Gasteiger partial charge in [0, 0.05) is 31.0 Å². The zero-order chi connectivity index (χ0) is 37.5. The molecule has 13 nitrogen and oxygen atoms in total. The largest absolute Gasteiger partial charge is 0.344 e. The van der Waals surface area contributed by atoms with Gasteiger partial charge in [0.05, 0.1) is 24.4 Å². The SMILES string of the molecule is C#CC(C)(C)[C@H]1CCN(C(=O)[C@@H](NC(=O)NC2(CNS(C)(=O)=O)CCCCC2)C(C)(C)C)[C@@H]1C(=O)NC(CC1CC1)C(=O)C(=O)CNCC=C. The third-order valence-electron chi connectivity index (χ3n) is 10.2. The van der Waals surface area contributed by atoms with Crippen molar-refractivity contribution in [1.29, 1.82) is 0 Å². The van der Waals surface area contributed by atoms with Crippen LogP contribution in [0.15, 0.2) is 12.7 Å². The van der Waals surface area contributed by atoms with Crippen molar-refractivity contribution in [3.8, 4) is 12.3 Å². The highest BCUT2D eigenvalue weighted by molar-refractivity contribution is 7.88. The first-order valence-corrected chi connectivity index (χ1v) is 19.6. The fourth-order valence-corrected chi connectivity index (χ4v) is 7.58. The van der Waals surface area contributed by atoms with Crippen molar-refractivity contribution in [2.75, 3.05) is 32.4 Å². The minimum Gasteiger partial charge on any atom is -0.344 e. The van der Waals surface area contributed by atoms with E-state index in [1.807, 2.05) is 34.6 Å². The Morgan fingerprint density at radius 2 is 1.66 bits per heavy atom. The van der Waals surface area contributed by atoms with Crippen molar-refractivity contribution < 1.29 is 32.4 Å². The van der Waals surface area contributed by atoms with E-state index in [9.17, 15) is 32.4 Å². The summed E-state index contributed by atoms with van der Waals surface area (Å²) in [5.41, 5.74) is -2.43. The van der Waals surface area contributed by atoms with Crippen LogP contribution in [0.5, 0.6) is 0 Å². The van der Waals surface area contributed by atoms with Gasteiger partial charge in [-0.25, -0.2) is 17.9 Å². The predicted molar refractivity (Wildman–Crippen MR) is 192 cm³/mol. The molecular weight excluding hydrogens is 660 g/mol. The summed E-state index contributed by atoms with van der Waals surface area (Å²) in [6.45, 7) is 13.1. The molecule has 280 valence electrons. The molecule has 1 heterocycles. The lowest BCUT2D eigenvalue weighted by Gasteiger charge is -2.40. The highest BCUT2D eigenvalue weighted by atomic mass is 32.2. The van der Waals surface area contributed by atoms with Crippen molar-refractivity contribution in [3.05, 3.63) is 12.7 Å². The Morgan fingerprint density at radius 1 is 1.02 bits per heavy atom. The molecule has 2 saturated carbocycles. The zero-order valence-electron chi connectivity index (χ0n) is 30.7. The standard InChI is InChI=1S/C36H58N6O7S/c1-9-19-37-22-27(43)29(44)26(21-24-14-15-24)39-31(45)28-25(35(6,7)10-2)16-20-42(28)32(46)30(34(3,4)5)40-33(47)41-36(17-12-11-13-18-36)23-38-50(8,48)49/h2,9,24-26,28,30,37-38H,1,11-23H2,3-8H3,(H,39,45)(H2,40,41,47)/t25-,26?,28-,30+/m0/s1. The van der Waals surface area contributed by atoms with Gasteiger partial charge >= 0.3 is 6.03 Å². The summed E-state index contributed by atoms with van der Waals surface area (Å²) in [6, 6.07) is -3.80. The molecule has 3 fully saturated rings. The Labute approximate surface area is 298 Å². The summed E-state index contributed by atoms with van der Waals surface area (Å²) in [5, 5.41) is 11.5. The number of likely N-dealkylation sites (tertiary alicyclic amines) is 1. The molecule has 0 bridgehead atoms. The number of ketones is 2. The summed E-state index contributed by atoms with van der Waals surface area (Å²) in [5.74, 6) is 0.117. The number of hydrogen-bond donors (Lipinski definition) is 5. The maximum atomic E-state index is 14.5. The van der Waals surface area contributed by atoms with Gasteiger partial charge in [0.2, 0.25) is 33.4 Å². The van der Waals surface area contributed by atoms with Crippen LogP contribution >= 0.6 is 0 Å². The number of urea groups is 1. The van der Waals surface area contributed by atoms with Gasteiger partial charge in [-0.3, -0.25) is 19.2 Å². The molecular formula is C36H58N6O7S. The van der Waals surface area contributed by atoms with Gasteiger partial charge < -0.3 is 26.2 Å². The number of carbonyl (C=O) groups is 5. The van der Waals surface area contributed by atoms with Gasteiger partial charge in [0.15, 0.2) is 0 Å². The molecule has 14 heteroatoms. The van der Waals surface area contributed by atoms with Crippen LogP contribution in [0.25, 0.3) is 0 Å². The van der Waals surface area contributed by atoms with Crippen LogP contribution in [0.1, 0.15) is 92.4 Å². The fraction of sp³-hybridized carbons (Fsp3) is 0.750. The normalized spacial score (nSPS) is 22.1. The first kappa shape index (κ1) is 41.1. The number of terminal acetylenes is 1. The molecule has 3 aliphatic rings. The van der Waals surface area contributed by atoms with E-state index in [4.69, 9.17) is 6.42 Å². The highest BCUT2D eigenvalue weighted by Gasteiger charge is 2.51. The van der Waals surface area contributed by atoms with Crippen molar-refractivity contribution >= 4 is 39.4 Å². The number of rotatable bonds is 17. The van der Waals surface area contributed by atoms with Gasteiger partial charge in [-0.2, -0.15) is 0 Å². The van der Waals surface area contributed by atoms with Crippen molar-refractivity contribution in [2.45, 2.75) is 116 Å². The van der Waals surface area contributed by atoms with E-state index in [2.05, 4.69) is 38.5 Å². The maximum absolute atomic E-state index is 14.5. The lowest BCUT2D eigenvalue weighted by Crippen LogP contribution is -2.64. The van der Waals surface area contributed by atoms with Crippen LogP contribution in [-0.4, -0.2) is 98.8 Å². The summed E-state index contributed by atoms with van der Waals surface area (Å²) >= 11 is 0. The van der Waals surface area contributed by atoms with Gasteiger partial charge in [-0.05, 0) is 50.9 Å². The van der Waals surface area contributed by atoms with Crippen molar-refractivity contribution in [1.82, 2.24) is 30.9 Å². The minimum atomic E-state index is -3.51. The molecule has 0 aromatic heterocycles. The van der Waals surface area contributed by atoms with E-state index in [0.29, 0.717) is 32.2 Å². The Morgan fingerprint density at radius 3 is 2.20 bits per heavy atom. The van der Waals surface area contributed by atoms with Crippen LogP contribution in [0.4, 0.5) is 4.79 Å². The molecule has 0 aromatic carbocycles. The number of hydrogen-bond acceptors (Lipinski definition) is 8. The quantitative estimate of drug-likeness (QED) is 0.0655. The van der Waals surface area contributed by atoms with E-state index in [1.165, 1.54) is 4.90 Å². The minimum absolute atomic E-state index is 0.0260. The van der Waals surface area contributed by atoms with Gasteiger partial charge in [-0.1, -0.05) is 59.0 Å². The molecule has 0 spiro atoms. The van der Waals surface area contributed by atoms with E-state index < -0.39 is 79.8 Å². The van der Waals surface area contributed by atoms with Crippen LogP contribution in [0.2, 0.25) is 0 Å². The Balaban J connectivity index is 1.88. The summed E-state index contributed by atoms with van der Waals surface area (Å²) < 4.78 is 26.4. The van der Waals surface area contributed by atoms with Crippen LogP contribution < -0.4 is 26.0 Å². The maximum Gasteiger partial charge on any atom is 0.315 e. The Hall–Kier alpha value is -3.28. The Kier molecular flexibility index (Phi) is 13.8. The second kappa shape index (κ2) is 16.8. The summed E-state index contributed by atoms with van der Waals surface area (Å²) in [4.78, 5) is 70.0. The molecule has 3 rings (SSSR count). The summed E-state index contributed by atoms with van der Waals surface area (Å²) in [7, 11) is -3.51. The fourth-order valence-electron chi connectivity index (χ4n) is 7.04. The Bertz CT molecular complexity index is 1440. The molecule has 5 N–H and O–H groups in total. The number of nitrogens with zero attached hydrogens (tertiary/aromatic N) is 1. The molecule has 0 radical (unpaired) electrons. The number of amides is 4. The second-order valence-electron chi connectivity index (χ2n) is 16.0. The van der Waals surface area contributed by atoms with Crippen LogP contribution in [0, 0.1) is 35.0 Å². The first-order valence-electron chi connectivity index (χ1n) is 17.7. The van der Waals surface area contributed by atoms with Gasteiger partial charge in [0.1, 0.15) is 12.1 Å². The zero-order valence-corrected chi connectivity index (χ0v) is 31.5. The third-order valence-corrected chi connectivity index (χ3v) is 10.9. The van der Waals surface area contributed by atoms with Crippen molar-refractivity contribution in [2.24, 2.45) is 22.7 Å². The molecule has 0 aromatic rings. The lowest BCUT2D eigenvalue weighted by molar-refractivity contribution is -0.144. The number of nitrogens with one attached hydrogen (secondary N) is 5. The van der Waals surface area contributed by atoms with Crippen LogP contribution in [0.3, 0.4) is 0 Å². The molecule has 4 amide bonds. The highest BCUT2D eigenvalue weighted by Crippen LogP contribution is 2.40. The molecule has 50 heavy (non-hydrogen) atoms. The van der Waals surface area contributed by atoms with E-state index in [1.54, 1.807) is 6.08 Å². The first-order chi connectivity index (χ1) is 23.2. The number of Topliss-reactive ketones (excluding diaryl/α,β-unsaturated/α-hetero) is 2. The lowest BCUT2D eigenvalue weighted by atomic mass is 9.74. The number of carbonyl (C=O) groups excluding carboxylic acids is 5. The third kappa shape index (κ3) is 11.4.